The third kappa shape index (κ3) is 3.64. The maximum Gasteiger partial charge on any atom is 0.314 e. The van der Waals surface area contributed by atoms with Crippen LogP contribution in [-0.2, 0) is 20.9 Å². The van der Waals surface area contributed by atoms with E-state index < -0.39 is 21.6 Å². The highest BCUT2D eigenvalue weighted by atomic mass is 32.2. The molecule has 1 rings (SSSR count). The molecule has 0 unspecified atom stereocenters. The lowest BCUT2D eigenvalue weighted by Crippen LogP contribution is -2.06. The van der Waals surface area contributed by atoms with E-state index in [1.165, 1.54) is 13.3 Å². The lowest BCUT2D eigenvalue weighted by atomic mass is 10.3. The number of nitro groups is 1. The number of ether oxygens (including phenoxy) is 1. The van der Waals surface area contributed by atoms with Crippen molar-refractivity contribution in [2.75, 3.05) is 13.4 Å². The van der Waals surface area contributed by atoms with Crippen molar-refractivity contribution in [3.63, 3.8) is 0 Å². The largest absolute Gasteiger partial charge is 0.489 e. The molecule has 0 aliphatic rings. The summed E-state index contributed by atoms with van der Waals surface area (Å²) in [6, 6.07) is 1.16. The molecule has 0 spiro atoms. The van der Waals surface area contributed by atoms with E-state index in [0.717, 1.165) is 12.3 Å². The van der Waals surface area contributed by atoms with Gasteiger partial charge in [0.15, 0.2) is 0 Å². The minimum absolute atomic E-state index is 0.0483. The van der Waals surface area contributed by atoms with E-state index in [1.54, 1.807) is 0 Å². The Morgan fingerprint density at radius 2 is 2.18 bits per heavy atom. The van der Waals surface area contributed by atoms with Crippen LogP contribution in [0.25, 0.3) is 0 Å². The second-order valence-corrected chi connectivity index (χ2v) is 4.68. The lowest BCUT2D eigenvalue weighted by molar-refractivity contribution is -0.385. The van der Waals surface area contributed by atoms with Crippen molar-refractivity contribution in [2.24, 2.45) is 0 Å². The number of rotatable bonds is 5. The lowest BCUT2D eigenvalue weighted by Gasteiger charge is -2.07. The first-order valence-electron chi connectivity index (χ1n) is 4.36. The number of methoxy groups -OCH3 is 1. The van der Waals surface area contributed by atoms with E-state index in [1.807, 2.05) is 0 Å². The predicted molar refractivity (Wildman–Crippen MR) is 57.1 cm³/mol. The second kappa shape index (κ2) is 5.06. The number of aromatic nitrogens is 1. The molecule has 9 heteroatoms. The molecule has 1 aromatic rings. The molecule has 0 atom stereocenters. The molecular formula is C8H10N2O6S. The number of pyridine rings is 1. The van der Waals surface area contributed by atoms with Gasteiger partial charge in [-0.15, -0.1) is 0 Å². The third-order valence-corrected chi connectivity index (χ3v) is 2.31. The zero-order chi connectivity index (χ0) is 13.1. The van der Waals surface area contributed by atoms with E-state index in [4.69, 9.17) is 4.74 Å². The average molecular weight is 262 g/mol. The van der Waals surface area contributed by atoms with Gasteiger partial charge in [0.05, 0.1) is 18.3 Å². The molecule has 0 bridgehead atoms. The summed E-state index contributed by atoms with van der Waals surface area (Å²) in [7, 11) is -2.42. The summed E-state index contributed by atoms with van der Waals surface area (Å²) in [5.41, 5.74) is -0.248. The summed E-state index contributed by atoms with van der Waals surface area (Å²) in [4.78, 5) is 13.8. The van der Waals surface area contributed by atoms with Crippen LogP contribution < -0.4 is 4.74 Å². The molecule has 94 valence electrons. The molecule has 1 aromatic heterocycles. The van der Waals surface area contributed by atoms with Crippen molar-refractivity contribution >= 4 is 15.8 Å². The maximum atomic E-state index is 10.8. The van der Waals surface area contributed by atoms with Gasteiger partial charge in [-0.05, 0) is 0 Å². The Kier molecular flexibility index (Phi) is 3.97. The normalized spacial score (nSPS) is 11.2. The van der Waals surface area contributed by atoms with Crippen LogP contribution >= 0.6 is 0 Å². The third-order valence-electron chi connectivity index (χ3n) is 1.77. The predicted octanol–water partition coefficient (Wildman–Crippen LogP) is 0.475. The molecule has 0 fully saturated rings. The van der Waals surface area contributed by atoms with Gasteiger partial charge in [-0.1, -0.05) is 0 Å². The van der Waals surface area contributed by atoms with Crippen molar-refractivity contribution < 1.29 is 22.3 Å². The maximum absolute atomic E-state index is 10.8. The highest BCUT2D eigenvalue weighted by Gasteiger charge is 2.20. The van der Waals surface area contributed by atoms with Crippen LogP contribution in [0.4, 0.5) is 5.69 Å². The van der Waals surface area contributed by atoms with Gasteiger partial charge in [0.25, 0.3) is 10.1 Å². The van der Waals surface area contributed by atoms with Crippen molar-refractivity contribution in [3.8, 4) is 5.75 Å². The molecule has 1 heterocycles. The summed E-state index contributed by atoms with van der Waals surface area (Å²) < 4.78 is 30.9. The van der Waals surface area contributed by atoms with E-state index in [9.17, 15) is 18.5 Å². The first-order valence-corrected chi connectivity index (χ1v) is 6.17. The number of hydrogen-bond acceptors (Lipinski definition) is 7. The molecular weight excluding hydrogens is 252 g/mol. The number of nitrogens with zero attached hydrogens (tertiary/aromatic N) is 2. The van der Waals surface area contributed by atoms with Gasteiger partial charge >= 0.3 is 5.69 Å². The van der Waals surface area contributed by atoms with Crippen LogP contribution in [0, 0.1) is 10.1 Å². The Morgan fingerprint density at radius 3 is 2.65 bits per heavy atom. The molecule has 0 aliphatic heterocycles. The summed E-state index contributed by atoms with van der Waals surface area (Å²) in [5, 5.41) is 10.7. The fourth-order valence-electron chi connectivity index (χ4n) is 1.11. The van der Waals surface area contributed by atoms with Gasteiger partial charge in [-0.3, -0.25) is 19.3 Å². The average Bonchev–Trinajstić information content (AvgIpc) is 2.24. The quantitative estimate of drug-likeness (QED) is 0.431. The summed E-state index contributed by atoms with van der Waals surface area (Å²) in [6.45, 7) is -0.413. The van der Waals surface area contributed by atoms with Crippen LogP contribution in [0.15, 0.2) is 12.3 Å². The van der Waals surface area contributed by atoms with Crippen LogP contribution in [0.3, 0.4) is 0 Å². The fraction of sp³-hybridized carbons (Fsp3) is 0.375. The first kappa shape index (κ1) is 13.3. The zero-order valence-corrected chi connectivity index (χ0v) is 9.93. The zero-order valence-electron chi connectivity index (χ0n) is 9.11. The van der Waals surface area contributed by atoms with Crippen LogP contribution in [0.1, 0.15) is 5.69 Å². The van der Waals surface area contributed by atoms with Gasteiger partial charge in [-0.2, -0.15) is 8.42 Å². The smallest absolute Gasteiger partial charge is 0.314 e. The Labute approximate surface area is 97.5 Å². The Hall–Kier alpha value is -1.74. The molecule has 0 saturated heterocycles. The Balaban J connectivity index is 3.08. The van der Waals surface area contributed by atoms with Crippen LogP contribution in [0.5, 0.6) is 5.75 Å². The monoisotopic (exact) mass is 262 g/mol. The SMILES string of the molecule is COc1c([N+](=O)[O-])ccnc1COS(C)(=O)=O. The van der Waals surface area contributed by atoms with Crippen molar-refractivity contribution in [1.29, 1.82) is 0 Å². The van der Waals surface area contributed by atoms with E-state index >= 15 is 0 Å². The molecule has 0 aromatic carbocycles. The summed E-state index contributed by atoms with van der Waals surface area (Å²) in [6.07, 6.45) is 2.05. The molecule has 0 aliphatic carbocycles. The highest BCUT2D eigenvalue weighted by molar-refractivity contribution is 7.85. The van der Waals surface area contributed by atoms with Gasteiger partial charge in [0.1, 0.15) is 12.3 Å². The van der Waals surface area contributed by atoms with Gasteiger partial charge in [0, 0.05) is 12.3 Å². The molecule has 0 amide bonds. The highest BCUT2D eigenvalue weighted by Crippen LogP contribution is 2.29. The Morgan fingerprint density at radius 1 is 1.53 bits per heavy atom. The van der Waals surface area contributed by atoms with E-state index in [0.29, 0.717) is 0 Å². The van der Waals surface area contributed by atoms with Crippen molar-refractivity contribution in [2.45, 2.75) is 6.61 Å². The molecule has 8 nitrogen and oxygen atoms in total. The molecule has 0 N–H and O–H groups in total. The number of hydrogen-bond donors (Lipinski definition) is 0. The minimum atomic E-state index is -3.65. The van der Waals surface area contributed by atoms with E-state index in [-0.39, 0.29) is 17.1 Å². The summed E-state index contributed by atoms with van der Waals surface area (Å²) in [5.74, 6) is -0.110. The van der Waals surface area contributed by atoms with Gasteiger partial charge in [-0.25, -0.2) is 0 Å². The van der Waals surface area contributed by atoms with Crippen molar-refractivity contribution in [1.82, 2.24) is 4.98 Å². The standard InChI is InChI=1S/C8H10N2O6S/c1-15-8-6(5-16-17(2,13)14)9-4-3-7(8)10(11)12/h3-4H,5H2,1-2H3. The molecule has 0 radical (unpaired) electrons. The molecule has 0 saturated carbocycles. The van der Waals surface area contributed by atoms with Gasteiger partial charge in [0.2, 0.25) is 5.75 Å². The van der Waals surface area contributed by atoms with Crippen LogP contribution in [-0.4, -0.2) is 31.7 Å². The van der Waals surface area contributed by atoms with E-state index in [2.05, 4.69) is 9.17 Å². The Bertz CT molecular complexity index is 527. The topological polar surface area (TPSA) is 109 Å². The minimum Gasteiger partial charge on any atom is -0.489 e. The van der Waals surface area contributed by atoms with Crippen molar-refractivity contribution in [3.05, 3.63) is 28.1 Å². The molecule has 17 heavy (non-hydrogen) atoms. The second-order valence-electron chi connectivity index (χ2n) is 3.03. The van der Waals surface area contributed by atoms with Gasteiger partial charge < -0.3 is 4.74 Å². The first-order chi connectivity index (χ1) is 7.85. The fourth-order valence-corrected chi connectivity index (χ4v) is 1.44. The summed E-state index contributed by atoms with van der Waals surface area (Å²) >= 11 is 0. The van der Waals surface area contributed by atoms with Crippen LogP contribution in [0.2, 0.25) is 0 Å².